The molecule has 3 amide bonds. The van der Waals surface area contributed by atoms with Gasteiger partial charge in [-0.05, 0) is 24.3 Å². The van der Waals surface area contributed by atoms with Crippen molar-refractivity contribution in [2.75, 3.05) is 31.6 Å². The van der Waals surface area contributed by atoms with Gasteiger partial charge in [-0.15, -0.1) is 0 Å². The molecule has 11 nitrogen and oxygen atoms in total. The molecular weight excluding hydrogens is 382 g/mol. The molecule has 29 heavy (non-hydrogen) atoms. The smallest absolute Gasteiger partial charge is 0.325 e. The molecule has 1 aromatic rings. The molecule has 1 aliphatic rings. The van der Waals surface area contributed by atoms with Crippen molar-refractivity contribution < 1.29 is 29.0 Å². The first kappa shape index (κ1) is 21.7. The first-order valence-corrected chi connectivity index (χ1v) is 8.80. The highest BCUT2D eigenvalue weighted by atomic mass is 16.5. The number of anilines is 1. The summed E-state index contributed by atoms with van der Waals surface area (Å²) in [6.45, 7) is 0.408. The summed E-state index contributed by atoms with van der Waals surface area (Å²) >= 11 is 0. The standard InChI is InChI=1S/C18H23N5O6/c1-29-16(27)9-12(8-15(25)26)21-14(24)10-22-6-7-23(18(22)28)13-4-2-11(3-5-13)17(19)20/h2-5,12H,6-10H2,1H3,(H3,19,20)(H,21,24)(H,25,26). The fourth-order valence-corrected chi connectivity index (χ4v) is 2.91. The molecule has 1 aromatic carbocycles. The number of nitrogens with two attached hydrogens (primary N) is 1. The normalized spacial score (nSPS) is 14.4. The van der Waals surface area contributed by atoms with Crippen LogP contribution in [0.5, 0.6) is 0 Å². The van der Waals surface area contributed by atoms with Gasteiger partial charge in [0, 0.05) is 30.4 Å². The molecule has 1 atom stereocenters. The number of hydrogen-bond acceptors (Lipinski definition) is 6. The topological polar surface area (TPSA) is 166 Å². The number of carbonyl (C=O) groups is 4. The van der Waals surface area contributed by atoms with Gasteiger partial charge in [-0.25, -0.2) is 4.79 Å². The maximum atomic E-state index is 12.6. The third kappa shape index (κ3) is 5.92. The number of rotatable bonds is 9. The number of nitrogen functional groups attached to an aromatic ring is 1. The summed E-state index contributed by atoms with van der Waals surface area (Å²) in [4.78, 5) is 50.0. The summed E-state index contributed by atoms with van der Waals surface area (Å²) in [5.41, 5.74) is 6.56. The van der Waals surface area contributed by atoms with E-state index in [1.165, 1.54) is 16.9 Å². The zero-order valence-electron chi connectivity index (χ0n) is 15.9. The van der Waals surface area contributed by atoms with Crippen LogP contribution in [-0.4, -0.2) is 72.5 Å². The van der Waals surface area contributed by atoms with E-state index in [-0.39, 0.29) is 24.8 Å². The van der Waals surface area contributed by atoms with E-state index in [1.54, 1.807) is 24.3 Å². The van der Waals surface area contributed by atoms with E-state index < -0.39 is 30.3 Å². The van der Waals surface area contributed by atoms with Crippen LogP contribution in [0.1, 0.15) is 18.4 Å². The molecule has 0 bridgehead atoms. The van der Waals surface area contributed by atoms with Gasteiger partial charge in [-0.3, -0.25) is 24.7 Å². The molecule has 0 spiro atoms. The Kier molecular flexibility index (Phi) is 7.12. The third-order valence-corrected chi connectivity index (χ3v) is 4.35. The first-order chi connectivity index (χ1) is 13.7. The Hall–Kier alpha value is -3.63. The molecule has 156 valence electrons. The van der Waals surface area contributed by atoms with Gasteiger partial charge in [-0.2, -0.15) is 0 Å². The highest BCUT2D eigenvalue weighted by molar-refractivity contribution is 5.98. The minimum atomic E-state index is -1.17. The van der Waals surface area contributed by atoms with Crippen LogP contribution in [0.3, 0.4) is 0 Å². The van der Waals surface area contributed by atoms with Crippen molar-refractivity contribution >= 4 is 35.4 Å². The zero-order chi connectivity index (χ0) is 21.6. The lowest BCUT2D eigenvalue weighted by molar-refractivity contribution is -0.142. The minimum absolute atomic E-state index is 0.0783. The van der Waals surface area contributed by atoms with Gasteiger partial charge in [0.2, 0.25) is 5.91 Å². The van der Waals surface area contributed by atoms with E-state index >= 15 is 0 Å². The van der Waals surface area contributed by atoms with E-state index in [4.69, 9.17) is 16.2 Å². The summed E-state index contributed by atoms with van der Waals surface area (Å²) in [5, 5.41) is 18.8. The van der Waals surface area contributed by atoms with Crippen molar-refractivity contribution in [3.63, 3.8) is 0 Å². The fourth-order valence-electron chi connectivity index (χ4n) is 2.91. The number of urea groups is 1. The number of carboxylic acid groups (broad SMARTS) is 1. The molecule has 0 aromatic heterocycles. The van der Waals surface area contributed by atoms with Gasteiger partial charge < -0.3 is 25.8 Å². The van der Waals surface area contributed by atoms with Crippen molar-refractivity contribution in [3.05, 3.63) is 29.8 Å². The summed E-state index contributed by atoms with van der Waals surface area (Å²) < 4.78 is 4.51. The maximum absolute atomic E-state index is 12.6. The second-order valence-corrected chi connectivity index (χ2v) is 6.46. The number of carboxylic acids is 1. The Morgan fingerprint density at radius 3 is 2.45 bits per heavy atom. The number of amidine groups is 1. The predicted molar refractivity (Wildman–Crippen MR) is 103 cm³/mol. The molecule has 5 N–H and O–H groups in total. The molecule has 0 aliphatic carbocycles. The summed E-state index contributed by atoms with van der Waals surface area (Å²) in [6, 6.07) is 5.28. The van der Waals surface area contributed by atoms with Gasteiger partial charge >= 0.3 is 18.0 Å². The number of aliphatic carboxylic acids is 1. The zero-order valence-corrected chi connectivity index (χ0v) is 15.9. The number of nitrogens with zero attached hydrogens (tertiary/aromatic N) is 2. The Balaban J connectivity index is 1.96. The highest BCUT2D eigenvalue weighted by Gasteiger charge is 2.31. The van der Waals surface area contributed by atoms with E-state index in [2.05, 4.69) is 10.1 Å². The fraction of sp³-hybridized carbons (Fsp3) is 0.389. The van der Waals surface area contributed by atoms with Crippen LogP contribution in [0.25, 0.3) is 0 Å². The molecule has 1 saturated heterocycles. The number of carbonyl (C=O) groups excluding carboxylic acids is 3. The lowest BCUT2D eigenvalue weighted by Crippen LogP contribution is -2.45. The van der Waals surface area contributed by atoms with Crippen molar-refractivity contribution in [1.82, 2.24) is 10.2 Å². The molecule has 0 radical (unpaired) electrons. The van der Waals surface area contributed by atoms with Crippen molar-refractivity contribution in [1.29, 1.82) is 5.41 Å². The molecule has 1 fully saturated rings. The summed E-state index contributed by atoms with van der Waals surface area (Å²) in [6.07, 6.45) is -0.722. The van der Waals surface area contributed by atoms with Crippen molar-refractivity contribution in [3.8, 4) is 0 Å². The van der Waals surface area contributed by atoms with Crippen LogP contribution < -0.4 is 16.0 Å². The number of benzene rings is 1. The van der Waals surface area contributed by atoms with Crippen LogP contribution in [0.15, 0.2) is 24.3 Å². The molecule has 1 heterocycles. The van der Waals surface area contributed by atoms with Gasteiger partial charge in [0.15, 0.2) is 0 Å². The van der Waals surface area contributed by atoms with E-state index in [0.717, 1.165) is 0 Å². The Morgan fingerprint density at radius 2 is 1.90 bits per heavy atom. The maximum Gasteiger partial charge on any atom is 0.325 e. The quantitative estimate of drug-likeness (QED) is 0.249. The molecule has 0 saturated carbocycles. The van der Waals surface area contributed by atoms with Crippen molar-refractivity contribution in [2.45, 2.75) is 18.9 Å². The SMILES string of the molecule is COC(=O)CC(CC(=O)O)NC(=O)CN1CCN(c2ccc(C(=N)N)cc2)C1=O. The van der Waals surface area contributed by atoms with Crippen LogP contribution in [-0.2, 0) is 19.1 Å². The van der Waals surface area contributed by atoms with Crippen LogP contribution >= 0.6 is 0 Å². The second-order valence-electron chi connectivity index (χ2n) is 6.46. The van der Waals surface area contributed by atoms with Crippen molar-refractivity contribution in [2.24, 2.45) is 5.73 Å². The lowest BCUT2D eigenvalue weighted by atomic mass is 10.1. The Morgan fingerprint density at radius 1 is 1.24 bits per heavy atom. The number of methoxy groups -OCH3 is 1. The average molecular weight is 405 g/mol. The van der Waals surface area contributed by atoms with Gasteiger partial charge in [0.05, 0.1) is 20.0 Å². The van der Waals surface area contributed by atoms with E-state index in [1.807, 2.05) is 0 Å². The molecule has 2 rings (SSSR count). The van der Waals surface area contributed by atoms with Crippen LogP contribution in [0, 0.1) is 5.41 Å². The van der Waals surface area contributed by atoms with E-state index in [0.29, 0.717) is 24.3 Å². The predicted octanol–water partition coefficient (Wildman–Crippen LogP) is -0.265. The van der Waals surface area contributed by atoms with Crippen LogP contribution in [0.4, 0.5) is 10.5 Å². The minimum Gasteiger partial charge on any atom is -0.481 e. The van der Waals surface area contributed by atoms with E-state index in [9.17, 15) is 19.2 Å². The number of amides is 3. The molecular formula is C18H23N5O6. The Bertz CT molecular complexity index is 809. The third-order valence-electron chi connectivity index (χ3n) is 4.35. The number of nitrogens with one attached hydrogen (secondary N) is 2. The number of hydrogen-bond donors (Lipinski definition) is 4. The van der Waals surface area contributed by atoms with Gasteiger partial charge in [0.25, 0.3) is 0 Å². The molecule has 1 unspecified atom stereocenters. The van der Waals surface area contributed by atoms with Gasteiger partial charge in [0.1, 0.15) is 12.4 Å². The largest absolute Gasteiger partial charge is 0.481 e. The highest BCUT2D eigenvalue weighted by Crippen LogP contribution is 2.20. The summed E-state index contributed by atoms with van der Waals surface area (Å²) in [5.74, 6) is -2.46. The number of esters is 1. The summed E-state index contributed by atoms with van der Waals surface area (Å²) in [7, 11) is 1.17. The molecule has 1 aliphatic heterocycles. The van der Waals surface area contributed by atoms with Crippen LogP contribution in [0.2, 0.25) is 0 Å². The lowest BCUT2D eigenvalue weighted by Gasteiger charge is -2.20. The first-order valence-electron chi connectivity index (χ1n) is 8.80. The number of ether oxygens (including phenoxy) is 1. The Labute approximate surface area is 166 Å². The molecule has 11 heteroatoms. The van der Waals surface area contributed by atoms with Gasteiger partial charge in [-0.1, -0.05) is 0 Å². The average Bonchev–Trinajstić information content (AvgIpc) is 3.01. The second kappa shape index (κ2) is 9.53. The monoisotopic (exact) mass is 405 g/mol.